The topological polar surface area (TPSA) is 20.3 Å². The van der Waals surface area contributed by atoms with Gasteiger partial charge in [-0.2, -0.15) is 0 Å². The van der Waals surface area contributed by atoms with Crippen LogP contribution in [0.15, 0.2) is 22.7 Å². The minimum Gasteiger partial charge on any atom is -0.339 e. The van der Waals surface area contributed by atoms with Gasteiger partial charge in [-0.3, -0.25) is 4.79 Å². The number of halogens is 3. The Bertz CT molecular complexity index is 441. The molecule has 1 aromatic carbocycles. The number of carbonyl (C=O) groups is 1. The van der Waals surface area contributed by atoms with Crippen molar-refractivity contribution in [2.24, 2.45) is 0 Å². The summed E-state index contributed by atoms with van der Waals surface area (Å²) in [5.41, 5.74) is 0.883. The zero-order valence-electron chi connectivity index (χ0n) is 9.13. The fourth-order valence-corrected chi connectivity index (χ4v) is 2.42. The van der Waals surface area contributed by atoms with E-state index in [4.69, 9.17) is 11.6 Å². The molecule has 0 spiro atoms. The van der Waals surface area contributed by atoms with E-state index >= 15 is 0 Å². The molecule has 1 fully saturated rings. The Labute approximate surface area is 113 Å². The van der Waals surface area contributed by atoms with E-state index in [2.05, 4.69) is 15.9 Å². The maximum absolute atomic E-state index is 13.0. The van der Waals surface area contributed by atoms with Gasteiger partial charge in [-0.25, -0.2) is 4.39 Å². The first-order chi connectivity index (χ1) is 8.06. The Hall–Kier alpha value is -0.610. The summed E-state index contributed by atoms with van der Waals surface area (Å²) in [7, 11) is 0. The number of amides is 1. The molecule has 2 nitrogen and oxygen atoms in total. The SMILES string of the molecule is O=C(Cc1ccc(Cl)c(Br)c1)N1CCC(F)C1. The number of nitrogens with zero attached hydrogens (tertiary/aromatic N) is 1. The average Bonchev–Trinajstić information content (AvgIpc) is 2.70. The molecule has 0 bridgehead atoms. The maximum atomic E-state index is 13.0. The van der Waals surface area contributed by atoms with Crippen LogP contribution >= 0.6 is 27.5 Å². The van der Waals surface area contributed by atoms with Crippen molar-refractivity contribution in [2.75, 3.05) is 13.1 Å². The summed E-state index contributed by atoms with van der Waals surface area (Å²) in [6, 6.07) is 5.38. The van der Waals surface area contributed by atoms with Crippen LogP contribution in [-0.4, -0.2) is 30.1 Å². The van der Waals surface area contributed by atoms with Crippen molar-refractivity contribution < 1.29 is 9.18 Å². The Kier molecular flexibility index (Phi) is 4.05. The normalized spacial score (nSPS) is 19.7. The summed E-state index contributed by atoms with van der Waals surface area (Å²) in [4.78, 5) is 13.4. The molecule has 1 saturated heterocycles. The fraction of sp³-hybridized carbons (Fsp3) is 0.417. The minimum atomic E-state index is -0.865. The Morgan fingerprint density at radius 1 is 1.59 bits per heavy atom. The molecule has 92 valence electrons. The molecule has 0 saturated carbocycles. The monoisotopic (exact) mass is 319 g/mol. The van der Waals surface area contributed by atoms with Gasteiger partial charge in [0, 0.05) is 11.0 Å². The van der Waals surface area contributed by atoms with Gasteiger partial charge in [-0.1, -0.05) is 17.7 Å². The van der Waals surface area contributed by atoms with Crippen LogP contribution in [0.2, 0.25) is 5.02 Å². The van der Waals surface area contributed by atoms with Gasteiger partial charge in [0.15, 0.2) is 0 Å². The summed E-state index contributed by atoms with van der Waals surface area (Å²) < 4.78 is 13.7. The van der Waals surface area contributed by atoms with Gasteiger partial charge in [0.05, 0.1) is 18.0 Å². The first-order valence-corrected chi connectivity index (χ1v) is 6.59. The quantitative estimate of drug-likeness (QED) is 0.819. The predicted molar refractivity (Wildman–Crippen MR) is 68.9 cm³/mol. The van der Waals surface area contributed by atoms with Crippen LogP contribution in [0.4, 0.5) is 4.39 Å². The fourth-order valence-electron chi connectivity index (χ4n) is 1.88. The van der Waals surface area contributed by atoms with E-state index in [1.54, 1.807) is 11.0 Å². The highest BCUT2D eigenvalue weighted by Gasteiger charge is 2.25. The highest BCUT2D eigenvalue weighted by Crippen LogP contribution is 2.24. The number of likely N-dealkylation sites (tertiary alicyclic amines) is 1. The van der Waals surface area contributed by atoms with E-state index in [-0.39, 0.29) is 12.5 Å². The average molecular weight is 321 g/mol. The zero-order valence-corrected chi connectivity index (χ0v) is 11.5. The molecule has 1 amide bonds. The third kappa shape index (κ3) is 3.19. The molecule has 1 aliphatic heterocycles. The molecule has 5 heteroatoms. The van der Waals surface area contributed by atoms with Gasteiger partial charge in [0.1, 0.15) is 6.17 Å². The second-order valence-corrected chi connectivity index (χ2v) is 5.41. The number of benzene rings is 1. The van der Waals surface area contributed by atoms with Gasteiger partial charge in [-0.15, -0.1) is 0 Å². The Balaban J connectivity index is 2.00. The van der Waals surface area contributed by atoms with Crippen molar-refractivity contribution in [1.29, 1.82) is 0 Å². The lowest BCUT2D eigenvalue weighted by molar-refractivity contribution is -0.129. The van der Waals surface area contributed by atoms with E-state index in [1.807, 2.05) is 12.1 Å². The molecular formula is C12H12BrClFNO. The Morgan fingerprint density at radius 3 is 2.94 bits per heavy atom. The van der Waals surface area contributed by atoms with Crippen LogP contribution in [0.3, 0.4) is 0 Å². The largest absolute Gasteiger partial charge is 0.339 e. The number of hydrogen-bond acceptors (Lipinski definition) is 1. The van der Waals surface area contributed by atoms with Crippen molar-refractivity contribution in [1.82, 2.24) is 4.90 Å². The van der Waals surface area contributed by atoms with Crippen LogP contribution in [0.1, 0.15) is 12.0 Å². The number of rotatable bonds is 2. The van der Waals surface area contributed by atoms with Gasteiger partial charge in [0.25, 0.3) is 0 Å². The first kappa shape index (κ1) is 12.8. The highest BCUT2D eigenvalue weighted by molar-refractivity contribution is 9.10. The molecule has 0 radical (unpaired) electrons. The van der Waals surface area contributed by atoms with E-state index in [1.165, 1.54) is 0 Å². The third-order valence-corrected chi connectivity index (χ3v) is 4.04. The number of alkyl halides is 1. The molecule has 0 N–H and O–H groups in total. The van der Waals surface area contributed by atoms with Gasteiger partial charge in [-0.05, 0) is 40.0 Å². The summed E-state index contributed by atoms with van der Waals surface area (Å²) in [5, 5.41) is 0.617. The lowest BCUT2D eigenvalue weighted by Crippen LogP contribution is -2.30. The summed E-state index contributed by atoms with van der Waals surface area (Å²) in [6.45, 7) is 0.752. The molecule has 17 heavy (non-hydrogen) atoms. The first-order valence-electron chi connectivity index (χ1n) is 5.42. The molecule has 0 aliphatic carbocycles. The van der Waals surface area contributed by atoms with Crippen molar-refractivity contribution in [3.8, 4) is 0 Å². The van der Waals surface area contributed by atoms with Gasteiger partial charge in [0.2, 0.25) is 5.91 Å². The van der Waals surface area contributed by atoms with Crippen molar-refractivity contribution in [3.63, 3.8) is 0 Å². The summed E-state index contributed by atoms with van der Waals surface area (Å²) >= 11 is 9.18. The van der Waals surface area contributed by atoms with Crippen LogP contribution in [-0.2, 0) is 11.2 Å². The van der Waals surface area contributed by atoms with Crippen molar-refractivity contribution >= 4 is 33.4 Å². The maximum Gasteiger partial charge on any atom is 0.227 e. The summed E-state index contributed by atoms with van der Waals surface area (Å²) in [6.07, 6.45) is -0.116. The lowest BCUT2D eigenvalue weighted by Gasteiger charge is -2.15. The van der Waals surface area contributed by atoms with Crippen LogP contribution in [0.5, 0.6) is 0 Å². The van der Waals surface area contributed by atoms with Gasteiger partial charge < -0.3 is 4.90 Å². The van der Waals surface area contributed by atoms with E-state index < -0.39 is 6.17 Å². The molecule has 1 heterocycles. The van der Waals surface area contributed by atoms with E-state index in [0.29, 0.717) is 24.4 Å². The molecule has 0 aromatic heterocycles. The van der Waals surface area contributed by atoms with Crippen LogP contribution < -0.4 is 0 Å². The molecule has 1 aromatic rings. The highest BCUT2D eigenvalue weighted by atomic mass is 79.9. The molecule has 1 unspecified atom stereocenters. The number of carbonyl (C=O) groups excluding carboxylic acids is 1. The van der Waals surface area contributed by atoms with Crippen molar-refractivity contribution in [2.45, 2.75) is 19.0 Å². The smallest absolute Gasteiger partial charge is 0.227 e. The van der Waals surface area contributed by atoms with E-state index in [9.17, 15) is 9.18 Å². The second-order valence-electron chi connectivity index (χ2n) is 4.15. The van der Waals surface area contributed by atoms with E-state index in [0.717, 1.165) is 10.0 Å². The standard InChI is InChI=1S/C12H12BrClFNO/c13-10-5-8(1-2-11(10)14)6-12(17)16-4-3-9(15)7-16/h1-2,5,9H,3-4,6-7H2. The van der Waals surface area contributed by atoms with Gasteiger partial charge >= 0.3 is 0 Å². The van der Waals surface area contributed by atoms with Crippen molar-refractivity contribution in [3.05, 3.63) is 33.3 Å². The molecule has 1 aliphatic rings. The zero-order chi connectivity index (χ0) is 12.4. The second kappa shape index (κ2) is 5.36. The predicted octanol–water partition coefficient (Wildman–Crippen LogP) is 3.22. The number of hydrogen-bond donors (Lipinski definition) is 0. The molecule has 1 atom stereocenters. The lowest BCUT2D eigenvalue weighted by atomic mass is 10.1. The Morgan fingerprint density at radius 2 is 2.35 bits per heavy atom. The summed E-state index contributed by atoms with van der Waals surface area (Å²) in [5.74, 6) is -0.0284. The van der Waals surface area contributed by atoms with Crippen LogP contribution in [0, 0.1) is 0 Å². The minimum absolute atomic E-state index is 0.0284. The molecular weight excluding hydrogens is 308 g/mol. The molecule has 2 rings (SSSR count). The van der Waals surface area contributed by atoms with Crippen LogP contribution in [0.25, 0.3) is 0 Å². The third-order valence-electron chi connectivity index (χ3n) is 2.82.